The van der Waals surface area contributed by atoms with Crippen LogP contribution in [0, 0.1) is 5.41 Å². The van der Waals surface area contributed by atoms with Gasteiger partial charge in [-0.25, -0.2) is 0 Å². The van der Waals surface area contributed by atoms with Gasteiger partial charge in [0.05, 0.1) is 31.0 Å². The van der Waals surface area contributed by atoms with Crippen LogP contribution in [0.15, 0.2) is 54.7 Å². The highest BCUT2D eigenvalue weighted by atomic mass is 16.7. The van der Waals surface area contributed by atoms with E-state index in [2.05, 4.69) is 38.7 Å². The number of fused-ring (bicyclic) bond motifs is 1. The summed E-state index contributed by atoms with van der Waals surface area (Å²) in [5, 5.41) is 0.995. The quantitative estimate of drug-likeness (QED) is 0.545. The van der Waals surface area contributed by atoms with Crippen LogP contribution in [0.25, 0.3) is 10.9 Å². The minimum atomic E-state index is -0.388. The maximum Gasteiger partial charge on any atom is 0.184 e. The lowest BCUT2D eigenvalue weighted by molar-refractivity contribution is -0.300. The van der Waals surface area contributed by atoms with Gasteiger partial charge in [-0.05, 0) is 49.7 Å². The number of benzene rings is 2. The van der Waals surface area contributed by atoms with Crippen LogP contribution in [-0.2, 0) is 16.1 Å². The second kappa shape index (κ2) is 7.89. The minimum Gasteiger partial charge on any atom is -0.497 e. The number of nitrogens with zero attached hydrogens (tertiary/aromatic N) is 1. The van der Waals surface area contributed by atoms with E-state index < -0.39 is 0 Å². The average molecular weight is 408 g/mol. The first kappa shape index (κ1) is 20.6. The molecule has 0 N–H and O–H groups in total. The Morgan fingerprint density at radius 2 is 1.77 bits per heavy atom. The molecule has 1 atom stereocenters. The van der Waals surface area contributed by atoms with Crippen LogP contribution < -0.4 is 9.47 Å². The Balaban J connectivity index is 1.51. The van der Waals surface area contributed by atoms with E-state index in [9.17, 15) is 0 Å². The largest absolute Gasteiger partial charge is 0.497 e. The summed E-state index contributed by atoms with van der Waals surface area (Å²) in [4.78, 5) is 4.53. The summed E-state index contributed by atoms with van der Waals surface area (Å²) in [5.74, 6) is 1.56. The highest BCUT2D eigenvalue weighted by Gasteiger charge is 2.45. The molecule has 1 unspecified atom stereocenters. The monoisotopic (exact) mass is 407 g/mol. The molecule has 30 heavy (non-hydrogen) atoms. The van der Waals surface area contributed by atoms with Crippen molar-refractivity contribution in [1.29, 1.82) is 0 Å². The lowest BCUT2D eigenvalue weighted by atomic mass is 9.77. The molecule has 1 aliphatic rings. The molecular formula is C25H29NO4. The highest BCUT2D eigenvalue weighted by molar-refractivity contribution is 5.80. The molecule has 1 aromatic heterocycles. The Labute approximate surface area is 177 Å². The summed E-state index contributed by atoms with van der Waals surface area (Å²) < 4.78 is 23.5. The van der Waals surface area contributed by atoms with Crippen LogP contribution in [0.1, 0.15) is 45.1 Å². The number of rotatable bonds is 5. The van der Waals surface area contributed by atoms with Crippen LogP contribution in [0.2, 0.25) is 0 Å². The Bertz CT molecular complexity index is 1030. The number of aromatic nitrogens is 1. The summed E-state index contributed by atoms with van der Waals surface area (Å²) in [6.07, 6.45) is 1.37. The molecule has 0 saturated carbocycles. The maximum atomic E-state index is 6.29. The molecule has 4 rings (SSSR count). The molecule has 1 saturated heterocycles. The third kappa shape index (κ3) is 4.13. The fourth-order valence-electron chi connectivity index (χ4n) is 3.33. The average Bonchev–Trinajstić information content (AvgIpc) is 2.74. The SMILES string of the molecule is COc1ccc(COc2cnc3ccc(C4OCC(C)(C)C(C)(C)O4)cc3c2)cc1. The smallest absolute Gasteiger partial charge is 0.184 e. The van der Waals surface area contributed by atoms with Gasteiger partial charge in [-0.3, -0.25) is 4.98 Å². The van der Waals surface area contributed by atoms with Gasteiger partial charge in [0.15, 0.2) is 6.29 Å². The Morgan fingerprint density at radius 3 is 2.47 bits per heavy atom. The molecule has 0 aliphatic carbocycles. The van der Waals surface area contributed by atoms with Gasteiger partial charge in [0.2, 0.25) is 0 Å². The topological polar surface area (TPSA) is 49.8 Å². The fraction of sp³-hybridized carbons (Fsp3) is 0.400. The molecule has 1 aliphatic heterocycles. The second-order valence-corrected chi connectivity index (χ2v) is 8.91. The number of methoxy groups -OCH3 is 1. The van der Waals surface area contributed by atoms with E-state index in [0.29, 0.717) is 13.2 Å². The van der Waals surface area contributed by atoms with Crippen molar-refractivity contribution in [2.24, 2.45) is 5.41 Å². The summed E-state index contributed by atoms with van der Waals surface area (Å²) in [5.41, 5.74) is 2.63. The first-order valence-corrected chi connectivity index (χ1v) is 10.2. The molecule has 0 spiro atoms. The van der Waals surface area contributed by atoms with E-state index in [1.54, 1.807) is 13.3 Å². The van der Waals surface area contributed by atoms with Crippen molar-refractivity contribution >= 4 is 10.9 Å². The Hall–Kier alpha value is -2.63. The molecule has 2 heterocycles. The van der Waals surface area contributed by atoms with Crippen LogP contribution in [-0.4, -0.2) is 24.3 Å². The van der Waals surface area contributed by atoms with E-state index in [1.165, 1.54) is 0 Å². The van der Waals surface area contributed by atoms with Gasteiger partial charge in [0, 0.05) is 16.4 Å². The first-order valence-electron chi connectivity index (χ1n) is 10.2. The number of ether oxygens (including phenoxy) is 4. The van der Waals surface area contributed by atoms with Crippen molar-refractivity contribution in [3.8, 4) is 11.5 Å². The second-order valence-electron chi connectivity index (χ2n) is 8.91. The van der Waals surface area contributed by atoms with E-state index in [0.717, 1.165) is 33.5 Å². The Kier molecular flexibility index (Phi) is 5.43. The molecule has 5 nitrogen and oxygen atoms in total. The van der Waals surface area contributed by atoms with Crippen molar-refractivity contribution in [1.82, 2.24) is 4.98 Å². The molecule has 0 amide bonds. The summed E-state index contributed by atoms with van der Waals surface area (Å²) >= 11 is 0. The van der Waals surface area contributed by atoms with Crippen molar-refractivity contribution in [3.63, 3.8) is 0 Å². The zero-order valence-corrected chi connectivity index (χ0v) is 18.3. The molecular weight excluding hydrogens is 378 g/mol. The van der Waals surface area contributed by atoms with Gasteiger partial charge in [0.1, 0.15) is 18.1 Å². The van der Waals surface area contributed by atoms with Crippen LogP contribution >= 0.6 is 0 Å². The minimum absolute atomic E-state index is 0.0512. The molecule has 0 bridgehead atoms. The summed E-state index contributed by atoms with van der Waals surface area (Å²) in [6, 6.07) is 15.9. The van der Waals surface area contributed by atoms with E-state index in [1.807, 2.05) is 42.5 Å². The van der Waals surface area contributed by atoms with Gasteiger partial charge in [0.25, 0.3) is 0 Å². The molecule has 0 radical (unpaired) electrons. The standard InChI is InChI=1S/C25H29NO4/c1-24(2)16-29-23(30-25(24,3)4)18-8-11-22-19(12-18)13-21(14-26-22)28-15-17-6-9-20(27-5)10-7-17/h6-14,23H,15-16H2,1-5H3. The first-order chi connectivity index (χ1) is 14.3. The van der Waals surface area contributed by atoms with E-state index in [-0.39, 0.29) is 17.3 Å². The zero-order valence-electron chi connectivity index (χ0n) is 18.3. The highest BCUT2D eigenvalue weighted by Crippen LogP contribution is 2.43. The van der Waals surface area contributed by atoms with Crippen LogP contribution in [0.3, 0.4) is 0 Å². The Morgan fingerprint density at radius 1 is 1.00 bits per heavy atom. The number of pyridine rings is 1. The lowest BCUT2D eigenvalue weighted by Crippen LogP contribution is -2.50. The summed E-state index contributed by atoms with van der Waals surface area (Å²) in [7, 11) is 1.66. The van der Waals surface area contributed by atoms with Crippen molar-refractivity contribution in [2.75, 3.05) is 13.7 Å². The van der Waals surface area contributed by atoms with Gasteiger partial charge in [-0.15, -0.1) is 0 Å². The maximum absolute atomic E-state index is 6.29. The van der Waals surface area contributed by atoms with Crippen LogP contribution in [0.4, 0.5) is 0 Å². The molecule has 5 heteroatoms. The molecule has 3 aromatic rings. The molecule has 1 fully saturated rings. The third-order valence-electron chi connectivity index (χ3n) is 6.14. The van der Waals surface area contributed by atoms with E-state index in [4.69, 9.17) is 18.9 Å². The normalized spacial score (nSPS) is 20.1. The molecule has 2 aromatic carbocycles. The predicted molar refractivity (Wildman–Crippen MR) is 117 cm³/mol. The van der Waals surface area contributed by atoms with E-state index >= 15 is 0 Å². The predicted octanol–water partition coefficient (Wildman–Crippen LogP) is 5.67. The summed E-state index contributed by atoms with van der Waals surface area (Å²) in [6.45, 7) is 9.69. The fourth-order valence-corrected chi connectivity index (χ4v) is 3.33. The van der Waals surface area contributed by atoms with Crippen molar-refractivity contribution in [2.45, 2.75) is 46.2 Å². The third-order valence-corrected chi connectivity index (χ3v) is 6.14. The van der Waals surface area contributed by atoms with Gasteiger partial charge >= 0.3 is 0 Å². The van der Waals surface area contributed by atoms with Gasteiger partial charge in [-0.2, -0.15) is 0 Å². The van der Waals surface area contributed by atoms with Gasteiger partial charge in [-0.1, -0.05) is 32.0 Å². The lowest BCUT2D eigenvalue weighted by Gasteiger charge is -2.48. The number of hydrogen-bond donors (Lipinski definition) is 0. The van der Waals surface area contributed by atoms with Crippen molar-refractivity contribution in [3.05, 3.63) is 65.9 Å². The van der Waals surface area contributed by atoms with Gasteiger partial charge < -0.3 is 18.9 Å². The number of hydrogen-bond acceptors (Lipinski definition) is 5. The van der Waals surface area contributed by atoms with Crippen LogP contribution in [0.5, 0.6) is 11.5 Å². The zero-order chi connectivity index (χ0) is 21.4. The molecule has 158 valence electrons. The van der Waals surface area contributed by atoms with Crippen molar-refractivity contribution < 1.29 is 18.9 Å².